The Morgan fingerprint density at radius 3 is 2.38 bits per heavy atom. The molecule has 128 valence electrons. The molecular formula is C21H17N3O2. The van der Waals surface area contributed by atoms with Crippen LogP contribution in [0.5, 0.6) is 0 Å². The second-order valence-electron chi connectivity index (χ2n) is 5.81. The van der Waals surface area contributed by atoms with Gasteiger partial charge in [0.1, 0.15) is 0 Å². The van der Waals surface area contributed by atoms with E-state index in [0.29, 0.717) is 12.3 Å². The average Bonchev–Trinajstić information content (AvgIpc) is 3.38. The maximum Gasteiger partial charge on any atom is 0.287 e. The fourth-order valence-electron chi connectivity index (χ4n) is 2.76. The fourth-order valence-corrected chi connectivity index (χ4v) is 2.76. The highest BCUT2D eigenvalue weighted by molar-refractivity contribution is 5.91. The smallest absolute Gasteiger partial charge is 0.287 e. The molecule has 5 nitrogen and oxygen atoms in total. The van der Waals surface area contributed by atoms with Crippen LogP contribution in [-0.4, -0.2) is 15.7 Å². The number of furan rings is 1. The third kappa shape index (κ3) is 3.28. The lowest BCUT2D eigenvalue weighted by atomic mass is 10.1. The SMILES string of the molecule is O=C(NCc1cn(-c2ccccc2)nc1-c1ccccc1)c1ccco1. The van der Waals surface area contributed by atoms with Gasteiger partial charge in [-0.25, -0.2) is 4.68 Å². The molecule has 0 aliphatic rings. The highest BCUT2D eigenvalue weighted by Crippen LogP contribution is 2.23. The van der Waals surface area contributed by atoms with E-state index in [1.165, 1.54) is 6.26 Å². The van der Waals surface area contributed by atoms with Gasteiger partial charge < -0.3 is 9.73 Å². The number of amides is 1. The van der Waals surface area contributed by atoms with Crippen molar-refractivity contribution in [2.75, 3.05) is 0 Å². The monoisotopic (exact) mass is 343 g/mol. The van der Waals surface area contributed by atoms with Gasteiger partial charge in [0.15, 0.2) is 5.76 Å². The fraction of sp³-hybridized carbons (Fsp3) is 0.0476. The van der Waals surface area contributed by atoms with E-state index >= 15 is 0 Å². The van der Waals surface area contributed by atoms with Gasteiger partial charge in [0.2, 0.25) is 0 Å². The molecule has 1 N–H and O–H groups in total. The predicted molar refractivity (Wildman–Crippen MR) is 98.9 cm³/mol. The van der Waals surface area contributed by atoms with Crippen LogP contribution in [0.3, 0.4) is 0 Å². The molecule has 4 aromatic rings. The Balaban J connectivity index is 1.65. The van der Waals surface area contributed by atoms with E-state index in [2.05, 4.69) is 5.32 Å². The Kier molecular flexibility index (Phi) is 4.35. The van der Waals surface area contributed by atoms with Crippen molar-refractivity contribution in [1.29, 1.82) is 0 Å². The number of carbonyl (C=O) groups is 1. The van der Waals surface area contributed by atoms with Crippen molar-refractivity contribution < 1.29 is 9.21 Å². The van der Waals surface area contributed by atoms with Crippen LogP contribution in [0.25, 0.3) is 16.9 Å². The second kappa shape index (κ2) is 7.11. The number of nitrogens with zero attached hydrogens (tertiary/aromatic N) is 2. The molecule has 1 amide bonds. The van der Waals surface area contributed by atoms with E-state index in [9.17, 15) is 4.79 Å². The first-order valence-corrected chi connectivity index (χ1v) is 8.32. The summed E-state index contributed by atoms with van der Waals surface area (Å²) in [6.07, 6.45) is 3.43. The number of rotatable bonds is 5. The largest absolute Gasteiger partial charge is 0.459 e. The van der Waals surface area contributed by atoms with Gasteiger partial charge in [-0.3, -0.25) is 4.79 Å². The minimum absolute atomic E-state index is 0.249. The van der Waals surface area contributed by atoms with Crippen LogP contribution < -0.4 is 5.32 Å². The molecule has 0 saturated heterocycles. The molecule has 2 aromatic carbocycles. The topological polar surface area (TPSA) is 60.1 Å². The maximum absolute atomic E-state index is 12.2. The van der Waals surface area contributed by atoms with E-state index in [4.69, 9.17) is 9.52 Å². The van der Waals surface area contributed by atoms with Crippen LogP contribution in [-0.2, 0) is 6.54 Å². The van der Waals surface area contributed by atoms with Crippen LogP contribution in [0.4, 0.5) is 0 Å². The standard InChI is InChI=1S/C21H17N3O2/c25-21(19-12-7-13-26-19)22-14-17-15-24(18-10-5-2-6-11-18)23-20(17)16-8-3-1-4-9-16/h1-13,15H,14H2,(H,22,25). The highest BCUT2D eigenvalue weighted by Gasteiger charge is 2.14. The quantitative estimate of drug-likeness (QED) is 0.594. The van der Waals surface area contributed by atoms with Gasteiger partial charge in [0.25, 0.3) is 5.91 Å². The van der Waals surface area contributed by atoms with Crippen LogP contribution >= 0.6 is 0 Å². The molecule has 0 fully saturated rings. The Bertz CT molecular complexity index is 990. The minimum atomic E-state index is -0.249. The molecule has 5 heteroatoms. The Hall–Kier alpha value is -3.60. The number of hydrogen-bond donors (Lipinski definition) is 1. The molecule has 0 aliphatic carbocycles. The summed E-state index contributed by atoms with van der Waals surface area (Å²) in [5, 5.41) is 7.62. The van der Waals surface area contributed by atoms with E-state index in [0.717, 1.165) is 22.5 Å². The number of benzene rings is 2. The van der Waals surface area contributed by atoms with Crippen LogP contribution in [0.1, 0.15) is 16.1 Å². The van der Waals surface area contributed by atoms with Crippen LogP contribution in [0.15, 0.2) is 89.7 Å². The zero-order valence-corrected chi connectivity index (χ0v) is 14.0. The van der Waals surface area contributed by atoms with E-state index < -0.39 is 0 Å². The summed E-state index contributed by atoms with van der Waals surface area (Å²) in [6.45, 7) is 0.358. The molecule has 2 heterocycles. The molecule has 0 spiro atoms. The van der Waals surface area contributed by atoms with E-state index in [-0.39, 0.29) is 5.91 Å². The molecule has 26 heavy (non-hydrogen) atoms. The van der Waals surface area contributed by atoms with Gasteiger partial charge >= 0.3 is 0 Å². The van der Waals surface area contributed by atoms with Gasteiger partial charge in [-0.05, 0) is 24.3 Å². The molecule has 4 rings (SSSR count). The van der Waals surface area contributed by atoms with Gasteiger partial charge in [0.05, 0.1) is 17.6 Å². The normalized spacial score (nSPS) is 10.6. The van der Waals surface area contributed by atoms with Gasteiger partial charge in [0, 0.05) is 23.9 Å². The third-order valence-electron chi connectivity index (χ3n) is 4.04. The first kappa shape index (κ1) is 15.9. The molecule has 2 aromatic heterocycles. The first-order chi connectivity index (χ1) is 12.8. The van der Waals surface area contributed by atoms with E-state index in [1.807, 2.05) is 71.5 Å². The number of para-hydroxylation sites is 1. The number of carbonyl (C=O) groups excluding carboxylic acids is 1. The molecule has 0 saturated carbocycles. The Morgan fingerprint density at radius 1 is 0.962 bits per heavy atom. The van der Waals surface area contributed by atoms with Crippen molar-refractivity contribution in [3.05, 3.63) is 96.6 Å². The summed E-state index contributed by atoms with van der Waals surface area (Å²) in [5.41, 5.74) is 3.74. The van der Waals surface area contributed by atoms with Gasteiger partial charge in [-0.2, -0.15) is 5.10 Å². The lowest BCUT2D eigenvalue weighted by Gasteiger charge is -2.04. The predicted octanol–water partition coefficient (Wildman–Crippen LogP) is 4.06. The lowest BCUT2D eigenvalue weighted by molar-refractivity contribution is 0.0923. The Labute approximate surface area is 150 Å². The van der Waals surface area contributed by atoms with Crippen molar-refractivity contribution in [2.45, 2.75) is 6.54 Å². The third-order valence-corrected chi connectivity index (χ3v) is 4.04. The molecule has 0 unspecified atom stereocenters. The average molecular weight is 343 g/mol. The number of hydrogen-bond acceptors (Lipinski definition) is 3. The Morgan fingerprint density at radius 2 is 1.69 bits per heavy atom. The zero-order valence-electron chi connectivity index (χ0n) is 14.0. The number of aromatic nitrogens is 2. The van der Waals surface area contributed by atoms with Crippen molar-refractivity contribution in [3.8, 4) is 16.9 Å². The van der Waals surface area contributed by atoms with Gasteiger partial charge in [-0.1, -0.05) is 48.5 Å². The highest BCUT2D eigenvalue weighted by atomic mass is 16.3. The first-order valence-electron chi connectivity index (χ1n) is 8.32. The summed E-state index contributed by atoms with van der Waals surface area (Å²) in [6, 6.07) is 23.2. The van der Waals surface area contributed by atoms with E-state index in [1.54, 1.807) is 12.1 Å². The zero-order chi connectivity index (χ0) is 17.8. The number of nitrogens with one attached hydrogen (secondary N) is 1. The summed E-state index contributed by atoms with van der Waals surface area (Å²) in [5.74, 6) is 0.0446. The van der Waals surface area contributed by atoms with Gasteiger partial charge in [-0.15, -0.1) is 0 Å². The molecule has 0 radical (unpaired) electrons. The summed E-state index contributed by atoms with van der Waals surface area (Å²) in [4.78, 5) is 12.2. The van der Waals surface area contributed by atoms with Crippen LogP contribution in [0, 0.1) is 0 Å². The molecule has 0 bridgehead atoms. The lowest BCUT2D eigenvalue weighted by Crippen LogP contribution is -2.22. The molecular weight excluding hydrogens is 326 g/mol. The van der Waals surface area contributed by atoms with Crippen molar-refractivity contribution in [2.24, 2.45) is 0 Å². The molecule has 0 atom stereocenters. The van der Waals surface area contributed by atoms with Crippen molar-refractivity contribution in [3.63, 3.8) is 0 Å². The van der Waals surface area contributed by atoms with Crippen molar-refractivity contribution >= 4 is 5.91 Å². The minimum Gasteiger partial charge on any atom is -0.459 e. The molecule has 0 aliphatic heterocycles. The summed E-state index contributed by atoms with van der Waals surface area (Å²) < 4.78 is 6.97. The maximum atomic E-state index is 12.2. The second-order valence-corrected chi connectivity index (χ2v) is 5.81. The van der Waals surface area contributed by atoms with Crippen LogP contribution in [0.2, 0.25) is 0 Å². The summed E-state index contributed by atoms with van der Waals surface area (Å²) in [7, 11) is 0. The summed E-state index contributed by atoms with van der Waals surface area (Å²) >= 11 is 0. The van der Waals surface area contributed by atoms with Crippen molar-refractivity contribution in [1.82, 2.24) is 15.1 Å².